The highest BCUT2D eigenvalue weighted by atomic mass is 16.7. The van der Waals surface area contributed by atoms with Crippen LogP contribution in [0.4, 0.5) is 0 Å². The van der Waals surface area contributed by atoms with E-state index in [9.17, 15) is 9.59 Å². The fourth-order valence-electron chi connectivity index (χ4n) is 3.70. The number of fused-ring (bicyclic) bond motifs is 2. The van der Waals surface area contributed by atoms with Crippen LogP contribution in [-0.4, -0.2) is 41.7 Å². The summed E-state index contributed by atoms with van der Waals surface area (Å²) in [6.45, 7) is 2.80. The summed E-state index contributed by atoms with van der Waals surface area (Å²) in [5.74, 6) is 0.819. The number of rotatable bonds is 9. The number of nitrogens with zero attached hydrogens (tertiary/aromatic N) is 1. The smallest absolute Gasteiger partial charge is 0.306 e. The van der Waals surface area contributed by atoms with Crippen LogP contribution in [0.5, 0.6) is 11.5 Å². The Balaban J connectivity index is 1.22. The molecule has 1 amide bonds. The average molecular weight is 422 g/mol. The van der Waals surface area contributed by atoms with Crippen molar-refractivity contribution in [2.24, 2.45) is 0 Å². The Morgan fingerprint density at radius 3 is 2.84 bits per heavy atom. The number of ether oxygens (including phenoxy) is 3. The van der Waals surface area contributed by atoms with E-state index in [0.29, 0.717) is 31.0 Å². The van der Waals surface area contributed by atoms with Crippen LogP contribution in [0, 0.1) is 0 Å². The SMILES string of the molecule is CCN(Cc1ccc2c(c1)OCO2)C(=O)COC(=O)CCCc1c[nH]c2ccccc12. The molecule has 0 saturated carbocycles. The summed E-state index contributed by atoms with van der Waals surface area (Å²) in [7, 11) is 0. The number of para-hydroxylation sites is 1. The van der Waals surface area contributed by atoms with Crippen LogP contribution in [0.15, 0.2) is 48.7 Å². The van der Waals surface area contributed by atoms with Crippen molar-refractivity contribution in [3.63, 3.8) is 0 Å². The van der Waals surface area contributed by atoms with Crippen LogP contribution in [0.25, 0.3) is 10.9 Å². The summed E-state index contributed by atoms with van der Waals surface area (Å²) in [6.07, 6.45) is 3.71. The van der Waals surface area contributed by atoms with Gasteiger partial charge in [0.25, 0.3) is 5.91 Å². The van der Waals surface area contributed by atoms with Crippen molar-refractivity contribution in [3.05, 3.63) is 59.8 Å². The Morgan fingerprint density at radius 1 is 1.13 bits per heavy atom. The van der Waals surface area contributed by atoms with Gasteiger partial charge in [0.15, 0.2) is 18.1 Å². The van der Waals surface area contributed by atoms with Crippen LogP contribution in [0.2, 0.25) is 0 Å². The molecule has 0 atom stereocenters. The maximum atomic E-state index is 12.5. The van der Waals surface area contributed by atoms with Gasteiger partial charge in [-0.15, -0.1) is 0 Å². The lowest BCUT2D eigenvalue weighted by molar-refractivity contribution is -0.152. The zero-order valence-corrected chi connectivity index (χ0v) is 17.6. The van der Waals surface area contributed by atoms with Crippen molar-refractivity contribution < 1.29 is 23.8 Å². The summed E-state index contributed by atoms with van der Waals surface area (Å²) < 4.78 is 15.9. The molecule has 0 fully saturated rings. The van der Waals surface area contributed by atoms with Crippen molar-refractivity contribution in [1.82, 2.24) is 9.88 Å². The molecule has 2 aromatic carbocycles. The Kier molecular flexibility index (Phi) is 6.40. The molecule has 0 unspecified atom stereocenters. The van der Waals surface area contributed by atoms with Gasteiger partial charge in [0.2, 0.25) is 6.79 Å². The summed E-state index contributed by atoms with van der Waals surface area (Å²) in [4.78, 5) is 29.5. The third kappa shape index (κ3) is 4.99. The fourth-order valence-corrected chi connectivity index (χ4v) is 3.70. The second-order valence-electron chi connectivity index (χ2n) is 7.47. The minimum absolute atomic E-state index is 0.214. The van der Waals surface area contributed by atoms with Gasteiger partial charge < -0.3 is 24.1 Å². The van der Waals surface area contributed by atoms with Gasteiger partial charge in [0, 0.05) is 36.6 Å². The van der Waals surface area contributed by atoms with Gasteiger partial charge in [-0.25, -0.2) is 0 Å². The predicted molar refractivity (Wildman–Crippen MR) is 116 cm³/mol. The quantitative estimate of drug-likeness (QED) is 0.531. The molecular weight excluding hydrogens is 396 g/mol. The first kappa shape index (κ1) is 20.8. The number of benzene rings is 2. The number of nitrogens with one attached hydrogen (secondary N) is 1. The fraction of sp³-hybridized carbons (Fsp3) is 0.333. The van der Waals surface area contributed by atoms with Crippen molar-refractivity contribution >= 4 is 22.8 Å². The number of H-pyrrole nitrogens is 1. The van der Waals surface area contributed by atoms with Crippen LogP contribution >= 0.6 is 0 Å². The monoisotopic (exact) mass is 422 g/mol. The minimum Gasteiger partial charge on any atom is -0.456 e. The molecule has 1 aromatic heterocycles. The van der Waals surface area contributed by atoms with E-state index in [1.165, 1.54) is 10.9 Å². The van der Waals surface area contributed by atoms with E-state index in [1.807, 2.05) is 49.5 Å². The van der Waals surface area contributed by atoms with Crippen LogP contribution in [-0.2, 0) is 27.3 Å². The standard InChI is InChI=1S/C24H26N2O5/c1-2-26(14-17-10-11-21-22(12-17)31-16-30-21)23(27)15-29-24(28)9-5-6-18-13-25-20-8-4-3-7-19(18)20/h3-4,7-8,10-13,25H,2,5-6,9,14-16H2,1H3. The molecule has 0 radical (unpaired) electrons. The second-order valence-corrected chi connectivity index (χ2v) is 7.47. The molecule has 0 bridgehead atoms. The second kappa shape index (κ2) is 9.55. The summed E-state index contributed by atoms with van der Waals surface area (Å²) in [6, 6.07) is 13.7. The number of hydrogen-bond acceptors (Lipinski definition) is 5. The highest BCUT2D eigenvalue weighted by molar-refractivity contribution is 5.83. The molecule has 3 aromatic rings. The molecule has 162 valence electrons. The van der Waals surface area contributed by atoms with Crippen molar-refractivity contribution in [1.29, 1.82) is 0 Å². The lowest BCUT2D eigenvalue weighted by Gasteiger charge is -2.21. The van der Waals surface area contributed by atoms with Gasteiger partial charge in [0.1, 0.15) is 0 Å². The minimum atomic E-state index is -0.354. The third-order valence-electron chi connectivity index (χ3n) is 5.40. The van der Waals surface area contributed by atoms with Crippen LogP contribution in [0.3, 0.4) is 0 Å². The lowest BCUT2D eigenvalue weighted by atomic mass is 10.1. The molecule has 7 heteroatoms. The van der Waals surface area contributed by atoms with E-state index < -0.39 is 0 Å². The molecule has 0 spiro atoms. The Morgan fingerprint density at radius 2 is 1.97 bits per heavy atom. The Labute approximate surface area is 180 Å². The molecule has 2 heterocycles. The number of amides is 1. The number of aryl methyl sites for hydroxylation is 1. The van der Waals surface area contributed by atoms with Crippen molar-refractivity contribution in [2.75, 3.05) is 19.9 Å². The molecule has 1 aliphatic rings. The maximum absolute atomic E-state index is 12.5. The summed E-state index contributed by atoms with van der Waals surface area (Å²) in [5, 5.41) is 1.17. The molecule has 7 nitrogen and oxygen atoms in total. The number of esters is 1. The van der Waals surface area contributed by atoms with E-state index in [0.717, 1.165) is 17.5 Å². The zero-order chi connectivity index (χ0) is 21.6. The van der Waals surface area contributed by atoms with E-state index in [-0.39, 0.29) is 31.7 Å². The van der Waals surface area contributed by atoms with E-state index in [1.54, 1.807) is 4.90 Å². The number of carbonyl (C=O) groups is 2. The van der Waals surface area contributed by atoms with Crippen molar-refractivity contribution in [3.8, 4) is 11.5 Å². The first-order valence-electron chi connectivity index (χ1n) is 10.5. The highest BCUT2D eigenvalue weighted by Gasteiger charge is 2.18. The third-order valence-corrected chi connectivity index (χ3v) is 5.40. The Hall–Kier alpha value is -3.48. The van der Waals surface area contributed by atoms with Crippen LogP contribution < -0.4 is 9.47 Å². The average Bonchev–Trinajstić information content (AvgIpc) is 3.42. The van der Waals surface area contributed by atoms with Gasteiger partial charge in [-0.1, -0.05) is 24.3 Å². The van der Waals surface area contributed by atoms with E-state index in [2.05, 4.69) is 11.1 Å². The maximum Gasteiger partial charge on any atom is 0.306 e. The first-order valence-corrected chi connectivity index (χ1v) is 10.5. The summed E-state index contributed by atoms with van der Waals surface area (Å²) >= 11 is 0. The molecule has 1 aliphatic heterocycles. The summed E-state index contributed by atoms with van der Waals surface area (Å²) in [5.41, 5.74) is 3.21. The molecule has 1 N–H and O–H groups in total. The van der Waals surface area contributed by atoms with Gasteiger partial charge in [-0.2, -0.15) is 0 Å². The normalized spacial score (nSPS) is 12.2. The van der Waals surface area contributed by atoms with Gasteiger partial charge >= 0.3 is 5.97 Å². The van der Waals surface area contributed by atoms with Gasteiger partial charge in [-0.05, 0) is 49.1 Å². The predicted octanol–water partition coefficient (Wildman–Crippen LogP) is 3.81. The zero-order valence-electron chi connectivity index (χ0n) is 17.6. The number of aromatic nitrogens is 1. The molecule has 4 rings (SSSR count). The van der Waals surface area contributed by atoms with Gasteiger partial charge in [0.05, 0.1) is 0 Å². The molecular formula is C24H26N2O5. The number of carbonyl (C=O) groups excluding carboxylic acids is 2. The molecule has 0 aliphatic carbocycles. The number of likely N-dealkylation sites (N-methyl/N-ethyl adjacent to an activating group) is 1. The number of aromatic amines is 1. The largest absolute Gasteiger partial charge is 0.456 e. The van der Waals surface area contributed by atoms with E-state index >= 15 is 0 Å². The van der Waals surface area contributed by atoms with Crippen LogP contribution in [0.1, 0.15) is 30.9 Å². The van der Waals surface area contributed by atoms with Crippen molar-refractivity contribution in [2.45, 2.75) is 32.7 Å². The van der Waals surface area contributed by atoms with E-state index in [4.69, 9.17) is 14.2 Å². The first-order chi connectivity index (χ1) is 15.1. The number of hydrogen-bond donors (Lipinski definition) is 1. The Bertz CT molecular complexity index is 1070. The molecule has 31 heavy (non-hydrogen) atoms. The highest BCUT2D eigenvalue weighted by Crippen LogP contribution is 2.32. The molecule has 0 saturated heterocycles. The lowest BCUT2D eigenvalue weighted by Crippen LogP contribution is -2.34. The topological polar surface area (TPSA) is 80.9 Å². The van der Waals surface area contributed by atoms with Gasteiger partial charge in [-0.3, -0.25) is 9.59 Å².